The van der Waals surface area contributed by atoms with Gasteiger partial charge in [-0.05, 0) is 37.5 Å². The molecule has 19 heavy (non-hydrogen) atoms. The lowest BCUT2D eigenvalue weighted by atomic mass is 9.92. The molecule has 1 aliphatic heterocycles. The van der Waals surface area contributed by atoms with E-state index in [1.54, 1.807) is 12.1 Å². The first-order chi connectivity index (χ1) is 9.06. The SMILES string of the molecule is Cc1ccc(C(=O)NC2(CBr)CCOCC2)c(Cl)c1. The van der Waals surface area contributed by atoms with Crippen LogP contribution in [0.25, 0.3) is 0 Å². The van der Waals surface area contributed by atoms with Crippen molar-refractivity contribution in [3.05, 3.63) is 34.3 Å². The topological polar surface area (TPSA) is 38.3 Å². The molecule has 104 valence electrons. The molecule has 1 aromatic carbocycles. The summed E-state index contributed by atoms with van der Waals surface area (Å²) < 4.78 is 5.36. The van der Waals surface area contributed by atoms with Gasteiger partial charge in [-0.15, -0.1) is 0 Å². The van der Waals surface area contributed by atoms with Crippen molar-refractivity contribution in [3.8, 4) is 0 Å². The van der Waals surface area contributed by atoms with Crippen LogP contribution in [0.5, 0.6) is 0 Å². The molecule has 2 rings (SSSR count). The molecule has 1 fully saturated rings. The maximum absolute atomic E-state index is 12.4. The summed E-state index contributed by atoms with van der Waals surface area (Å²) in [7, 11) is 0. The lowest BCUT2D eigenvalue weighted by molar-refractivity contribution is 0.0442. The molecule has 1 aromatic rings. The number of carbonyl (C=O) groups excluding carboxylic acids is 1. The molecule has 1 aliphatic rings. The molecule has 0 aliphatic carbocycles. The normalized spacial score (nSPS) is 18.1. The number of alkyl halides is 1. The van der Waals surface area contributed by atoms with Crippen LogP contribution in [0.3, 0.4) is 0 Å². The summed E-state index contributed by atoms with van der Waals surface area (Å²) in [5, 5.41) is 4.32. The molecule has 0 atom stereocenters. The number of aryl methyl sites for hydroxylation is 1. The summed E-state index contributed by atoms with van der Waals surface area (Å²) in [5.41, 5.74) is 1.34. The molecule has 3 nitrogen and oxygen atoms in total. The number of hydrogen-bond donors (Lipinski definition) is 1. The fourth-order valence-electron chi connectivity index (χ4n) is 2.17. The van der Waals surface area contributed by atoms with Crippen LogP contribution in [-0.2, 0) is 4.74 Å². The number of rotatable bonds is 3. The minimum absolute atomic E-state index is 0.119. The molecular weight excluding hydrogens is 330 g/mol. The fraction of sp³-hybridized carbons (Fsp3) is 0.500. The number of halogens is 2. The van der Waals surface area contributed by atoms with Crippen molar-refractivity contribution in [2.24, 2.45) is 0 Å². The van der Waals surface area contributed by atoms with Crippen LogP contribution >= 0.6 is 27.5 Å². The number of nitrogens with one attached hydrogen (secondary N) is 1. The Kier molecular flexibility index (Phi) is 4.87. The average Bonchev–Trinajstić information content (AvgIpc) is 2.39. The van der Waals surface area contributed by atoms with E-state index in [0.717, 1.165) is 23.7 Å². The Balaban J connectivity index is 2.15. The molecule has 1 heterocycles. The largest absolute Gasteiger partial charge is 0.381 e. The summed E-state index contributed by atoms with van der Waals surface area (Å²) in [4.78, 5) is 12.4. The van der Waals surface area contributed by atoms with E-state index < -0.39 is 0 Å². The number of carbonyl (C=O) groups is 1. The highest BCUT2D eigenvalue weighted by atomic mass is 79.9. The average molecular weight is 347 g/mol. The number of amides is 1. The summed E-state index contributed by atoms with van der Waals surface area (Å²) in [6.07, 6.45) is 1.63. The van der Waals surface area contributed by atoms with Gasteiger partial charge in [0.1, 0.15) is 0 Å². The Bertz CT molecular complexity index is 473. The van der Waals surface area contributed by atoms with Crippen LogP contribution < -0.4 is 5.32 Å². The molecule has 1 amide bonds. The maximum Gasteiger partial charge on any atom is 0.253 e. The van der Waals surface area contributed by atoms with Gasteiger partial charge in [0.25, 0.3) is 5.91 Å². The predicted octanol–water partition coefficient (Wildman–Crippen LogP) is 3.32. The maximum atomic E-state index is 12.4. The lowest BCUT2D eigenvalue weighted by Gasteiger charge is -2.36. The molecule has 1 N–H and O–H groups in total. The summed E-state index contributed by atoms with van der Waals surface area (Å²) in [6.45, 7) is 3.30. The van der Waals surface area contributed by atoms with Gasteiger partial charge in [0.15, 0.2) is 0 Å². The second-order valence-electron chi connectivity index (χ2n) is 4.96. The third kappa shape index (κ3) is 3.50. The third-order valence-corrected chi connectivity index (χ3v) is 4.84. The fourth-order valence-corrected chi connectivity index (χ4v) is 3.19. The van der Waals surface area contributed by atoms with E-state index in [-0.39, 0.29) is 11.4 Å². The monoisotopic (exact) mass is 345 g/mol. The zero-order valence-corrected chi connectivity index (χ0v) is 13.2. The predicted molar refractivity (Wildman–Crippen MR) is 80.2 cm³/mol. The van der Waals surface area contributed by atoms with Crippen molar-refractivity contribution in [2.75, 3.05) is 18.5 Å². The molecule has 1 saturated heterocycles. The van der Waals surface area contributed by atoms with Crippen LogP contribution in [-0.4, -0.2) is 30.0 Å². The van der Waals surface area contributed by atoms with E-state index >= 15 is 0 Å². The molecular formula is C14H17BrClNO2. The minimum atomic E-state index is -0.233. The smallest absolute Gasteiger partial charge is 0.253 e. The first-order valence-electron chi connectivity index (χ1n) is 6.29. The first kappa shape index (κ1) is 14.8. The second kappa shape index (κ2) is 6.25. The van der Waals surface area contributed by atoms with E-state index in [1.165, 1.54) is 0 Å². The third-order valence-electron chi connectivity index (χ3n) is 3.45. The van der Waals surface area contributed by atoms with E-state index in [2.05, 4.69) is 21.2 Å². The number of ether oxygens (including phenoxy) is 1. The van der Waals surface area contributed by atoms with Gasteiger partial charge in [0, 0.05) is 18.5 Å². The van der Waals surface area contributed by atoms with Gasteiger partial charge in [-0.3, -0.25) is 4.79 Å². The van der Waals surface area contributed by atoms with Gasteiger partial charge in [-0.1, -0.05) is 33.6 Å². The van der Waals surface area contributed by atoms with Crippen molar-refractivity contribution in [1.29, 1.82) is 0 Å². The lowest BCUT2D eigenvalue weighted by Crippen LogP contribution is -2.53. The number of benzene rings is 1. The van der Waals surface area contributed by atoms with Gasteiger partial charge < -0.3 is 10.1 Å². The highest BCUT2D eigenvalue weighted by Crippen LogP contribution is 2.25. The molecule has 5 heteroatoms. The van der Waals surface area contributed by atoms with Crippen LogP contribution in [0.15, 0.2) is 18.2 Å². The van der Waals surface area contributed by atoms with Crippen molar-refractivity contribution in [1.82, 2.24) is 5.32 Å². The van der Waals surface area contributed by atoms with Crippen molar-refractivity contribution in [3.63, 3.8) is 0 Å². The van der Waals surface area contributed by atoms with Crippen LogP contribution in [0, 0.1) is 6.92 Å². The quantitative estimate of drug-likeness (QED) is 0.853. The molecule has 0 bridgehead atoms. The van der Waals surface area contributed by atoms with Gasteiger partial charge in [-0.25, -0.2) is 0 Å². The summed E-state index contributed by atoms with van der Waals surface area (Å²) in [6, 6.07) is 5.47. The van der Waals surface area contributed by atoms with E-state index in [4.69, 9.17) is 16.3 Å². The molecule has 0 radical (unpaired) electrons. The minimum Gasteiger partial charge on any atom is -0.381 e. The summed E-state index contributed by atoms with van der Waals surface area (Å²) in [5.74, 6) is -0.119. The number of hydrogen-bond acceptors (Lipinski definition) is 2. The van der Waals surface area contributed by atoms with Gasteiger partial charge in [0.2, 0.25) is 0 Å². The van der Waals surface area contributed by atoms with Crippen LogP contribution in [0.2, 0.25) is 5.02 Å². The van der Waals surface area contributed by atoms with Gasteiger partial charge in [-0.2, -0.15) is 0 Å². The molecule has 0 spiro atoms. The molecule has 0 saturated carbocycles. The Morgan fingerprint density at radius 3 is 2.74 bits per heavy atom. The van der Waals surface area contributed by atoms with E-state index in [1.807, 2.05) is 13.0 Å². The van der Waals surface area contributed by atoms with Crippen molar-refractivity contribution < 1.29 is 9.53 Å². The van der Waals surface area contributed by atoms with Gasteiger partial charge >= 0.3 is 0 Å². The van der Waals surface area contributed by atoms with E-state index in [0.29, 0.717) is 23.8 Å². The second-order valence-corrected chi connectivity index (χ2v) is 5.93. The van der Waals surface area contributed by atoms with Crippen LogP contribution in [0.4, 0.5) is 0 Å². The van der Waals surface area contributed by atoms with Gasteiger partial charge in [0.05, 0.1) is 16.1 Å². The first-order valence-corrected chi connectivity index (χ1v) is 7.79. The standard InChI is InChI=1S/C14H17BrClNO2/c1-10-2-3-11(12(16)8-10)13(18)17-14(9-15)4-6-19-7-5-14/h2-3,8H,4-7,9H2,1H3,(H,17,18). The Hall–Kier alpha value is -0.580. The molecule has 0 unspecified atom stereocenters. The summed E-state index contributed by atoms with van der Waals surface area (Å²) >= 11 is 9.63. The molecule has 0 aromatic heterocycles. The van der Waals surface area contributed by atoms with Crippen molar-refractivity contribution in [2.45, 2.75) is 25.3 Å². The Labute approximate surface area is 126 Å². The van der Waals surface area contributed by atoms with Crippen LogP contribution in [0.1, 0.15) is 28.8 Å². The van der Waals surface area contributed by atoms with E-state index in [9.17, 15) is 4.79 Å². The zero-order chi connectivity index (χ0) is 13.9. The van der Waals surface area contributed by atoms with Crippen molar-refractivity contribution >= 4 is 33.4 Å². The Morgan fingerprint density at radius 1 is 1.47 bits per heavy atom. The Morgan fingerprint density at radius 2 is 2.16 bits per heavy atom. The zero-order valence-electron chi connectivity index (χ0n) is 10.8. The highest BCUT2D eigenvalue weighted by Gasteiger charge is 2.33. The highest BCUT2D eigenvalue weighted by molar-refractivity contribution is 9.09.